The molecule has 1 saturated heterocycles. The quantitative estimate of drug-likeness (QED) is 0.788. The van der Waals surface area contributed by atoms with Crippen molar-refractivity contribution in [2.24, 2.45) is 0 Å². The smallest absolute Gasteiger partial charge is 0.266 e. The molecule has 0 saturated carbocycles. The zero-order valence-electron chi connectivity index (χ0n) is 11.2. The van der Waals surface area contributed by atoms with E-state index < -0.39 is 0 Å². The summed E-state index contributed by atoms with van der Waals surface area (Å²) in [5.41, 5.74) is 0.577. The van der Waals surface area contributed by atoms with Crippen LogP contribution in [0.1, 0.15) is 0 Å². The minimum absolute atomic E-state index is 0.174. The molecule has 0 amide bonds. The van der Waals surface area contributed by atoms with Gasteiger partial charge in [-0.15, -0.1) is 0 Å². The third kappa shape index (κ3) is 2.39. The molecule has 7 heteroatoms. The van der Waals surface area contributed by atoms with Gasteiger partial charge >= 0.3 is 0 Å². The second kappa shape index (κ2) is 5.01. The van der Waals surface area contributed by atoms with Crippen molar-refractivity contribution in [2.75, 3.05) is 38.1 Å². The largest absolute Gasteiger partial charge is 0.504 e. The highest BCUT2D eigenvalue weighted by Crippen LogP contribution is 2.30. The molecule has 0 spiro atoms. The second-order valence-electron chi connectivity index (χ2n) is 4.89. The predicted octanol–water partition coefficient (Wildman–Crippen LogP) is 0.900. The normalized spacial score (nSPS) is 16.6. The number of anilines is 1. The van der Waals surface area contributed by atoms with E-state index in [1.807, 2.05) is 0 Å². The van der Waals surface area contributed by atoms with Crippen molar-refractivity contribution in [1.29, 1.82) is 0 Å². The van der Waals surface area contributed by atoms with E-state index in [1.165, 1.54) is 12.1 Å². The molecule has 2 aromatic rings. The van der Waals surface area contributed by atoms with Gasteiger partial charge in [0, 0.05) is 31.7 Å². The summed E-state index contributed by atoms with van der Waals surface area (Å²) in [4.78, 5) is 8.65. The van der Waals surface area contributed by atoms with E-state index in [2.05, 4.69) is 27.0 Å². The van der Waals surface area contributed by atoms with Crippen LogP contribution in [0.15, 0.2) is 22.7 Å². The van der Waals surface area contributed by atoms with Crippen LogP contribution in [0.2, 0.25) is 0 Å². The van der Waals surface area contributed by atoms with E-state index >= 15 is 0 Å². The van der Waals surface area contributed by atoms with Crippen LogP contribution in [0, 0.1) is 0 Å². The summed E-state index contributed by atoms with van der Waals surface area (Å²) in [6.45, 7) is 3.64. The summed E-state index contributed by atoms with van der Waals surface area (Å²) in [5, 5.41) is 22.8. The third-order valence-electron chi connectivity index (χ3n) is 3.42. The van der Waals surface area contributed by atoms with Crippen LogP contribution in [-0.4, -0.2) is 58.5 Å². The van der Waals surface area contributed by atoms with Crippen LogP contribution in [0.4, 0.5) is 5.95 Å². The molecule has 1 fully saturated rings. The highest BCUT2D eigenvalue weighted by Gasteiger charge is 2.19. The van der Waals surface area contributed by atoms with Crippen molar-refractivity contribution < 1.29 is 14.7 Å². The molecule has 0 atom stereocenters. The lowest BCUT2D eigenvalue weighted by Crippen LogP contribution is -2.44. The number of benzene rings is 1. The fourth-order valence-electron chi connectivity index (χ4n) is 2.12. The van der Waals surface area contributed by atoms with Gasteiger partial charge in [0.1, 0.15) is 0 Å². The molecule has 7 nitrogen and oxygen atoms in total. The van der Waals surface area contributed by atoms with E-state index in [9.17, 15) is 10.2 Å². The van der Waals surface area contributed by atoms with Crippen molar-refractivity contribution in [3.8, 4) is 23.0 Å². The summed E-state index contributed by atoms with van der Waals surface area (Å²) in [7, 11) is 2.08. The zero-order valence-corrected chi connectivity index (χ0v) is 11.2. The van der Waals surface area contributed by atoms with E-state index in [-0.39, 0.29) is 11.5 Å². The van der Waals surface area contributed by atoms with Crippen molar-refractivity contribution in [1.82, 2.24) is 15.0 Å². The molecule has 2 heterocycles. The van der Waals surface area contributed by atoms with Gasteiger partial charge in [0.15, 0.2) is 11.5 Å². The lowest BCUT2D eigenvalue weighted by Gasteiger charge is -2.31. The van der Waals surface area contributed by atoms with Crippen LogP contribution in [0.3, 0.4) is 0 Å². The lowest BCUT2D eigenvalue weighted by atomic mass is 10.2. The maximum Gasteiger partial charge on any atom is 0.266 e. The Hall–Kier alpha value is -2.28. The van der Waals surface area contributed by atoms with Gasteiger partial charge in [-0.25, -0.2) is 0 Å². The van der Waals surface area contributed by atoms with E-state index in [4.69, 9.17) is 4.52 Å². The van der Waals surface area contributed by atoms with E-state index in [0.717, 1.165) is 26.2 Å². The summed E-state index contributed by atoms with van der Waals surface area (Å²) < 4.78 is 5.22. The molecule has 0 aliphatic carbocycles. The number of nitrogens with zero attached hydrogens (tertiary/aromatic N) is 4. The molecular formula is C13H16N4O3. The number of likely N-dealkylation sites (N-methyl/N-ethyl adjacent to an activating group) is 1. The highest BCUT2D eigenvalue weighted by atomic mass is 16.5. The third-order valence-corrected chi connectivity index (χ3v) is 3.42. The van der Waals surface area contributed by atoms with Crippen LogP contribution >= 0.6 is 0 Å². The summed E-state index contributed by atoms with van der Waals surface area (Å²) in [6.07, 6.45) is 0. The molecule has 1 aromatic carbocycles. The Morgan fingerprint density at radius 2 is 1.85 bits per heavy atom. The molecule has 0 unspecified atom stereocenters. The molecule has 3 rings (SSSR count). The molecule has 1 aliphatic rings. The predicted molar refractivity (Wildman–Crippen MR) is 72.8 cm³/mol. The minimum atomic E-state index is -0.207. The van der Waals surface area contributed by atoms with Gasteiger partial charge < -0.3 is 24.5 Å². The number of phenolic OH excluding ortho intramolecular Hbond substituents is 2. The van der Waals surface area contributed by atoms with Gasteiger partial charge in [-0.05, 0) is 30.4 Å². The molecule has 1 aliphatic heterocycles. The Morgan fingerprint density at radius 3 is 2.55 bits per heavy atom. The Morgan fingerprint density at radius 1 is 1.10 bits per heavy atom. The molecule has 20 heavy (non-hydrogen) atoms. The number of rotatable bonds is 2. The van der Waals surface area contributed by atoms with E-state index in [0.29, 0.717) is 17.4 Å². The van der Waals surface area contributed by atoms with Crippen molar-refractivity contribution in [3.63, 3.8) is 0 Å². The first kappa shape index (κ1) is 12.7. The zero-order chi connectivity index (χ0) is 14.1. The first-order chi connectivity index (χ1) is 9.63. The average Bonchev–Trinajstić information content (AvgIpc) is 2.92. The molecule has 2 N–H and O–H groups in total. The summed E-state index contributed by atoms with van der Waals surface area (Å²) in [6, 6.07) is 4.41. The number of aromatic hydroxyl groups is 2. The molecular weight excluding hydrogens is 260 g/mol. The first-order valence-electron chi connectivity index (χ1n) is 6.43. The number of aromatic nitrogens is 2. The standard InChI is InChI=1S/C13H16N4O3/c1-16-4-6-17(7-5-16)13-14-12(20-15-13)9-2-3-10(18)11(19)8-9/h2-3,8,18-19H,4-7H2,1H3. The summed E-state index contributed by atoms with van der Waals surface area (Å²) in [5.74, 6) is 0.504. The van der Waals surface area contributed by atoms with Gasteiger partial charge in [-0.2, -0.15) is 4.98 Å². The Kier molecular flexibility index (Phi) is 3.19. The fourth-order valence-corrected chi connectivity index (χ4v) is 2.12. The van der Waals surface area contributed by atoms with Crippen molar-refractivity contribution in [3.05, 3.63) is 18.2 Å². The van der Waals surface area contributed by atoms with Gasteiger partial charge in [-0.1, -0.05) is 0 Å². The van der Waals surface area contributed by atoms with Crippen LogP contribution < -0.4 is 4.90 Å². The number of phenols is 2. The van der Waals surface area contributed by atoms with Gasteiger partial charge in [0.05, 0.1) is 0 Å². The topological polar surface area (TPSA) is 85.9 Å². The number of hydrogen-bond acceptors (Lipinski definition) is 7. The fraction of sp³-hybridized carbons (Fsp3) is 0.385. The average molecular weight is 276 g/mol. The SMILES string of the molecule is CN1CCN(c2noc(-c3ccc(O)c(O)c3)n2)CC1. The molecule has 1 aromatic heterocycles. The lowest BCUT2D eigenvalue weighted by molar-refractivity contribution is 0.309. The number of hydrogen-bond donors (Lipinski definition) is 2. The van der Waals surface area contributed by atoms with Crippen LogP contribution in [-0.2, 0) is 0 Å². The monoisotopic (exact) mass is 276 g/mol. The van der Waals surface area contributed by atoms with Crippen molar-refractivity contribution in [2.45, 2.75) is 0 Å². The summed E-state index contributed by atoms with van der Waals surface area (Å²) >= 11 is 0. The van der Waals surface area contributed by atoms with Gasteiger partial charge in [0.25, 0.3) is 11.8 Å². The van der Waals surface area contributed by atoms with Gasteiger partial charge in [0.2, 0.25) is 0 Å². The van der Waals surface area contributed by atoms with E-state index in [1.54, 1.807) is 6.07 Å². The molecule has 0 radical (unpaired) electrons. The second-order valence-corrected chi connectivity index (χ2v) is 4.89. The molecule has 0 bridgehead atoms. The Bertz CT molecular complexity index is 605. The van der Waals surface area contributed by atoms with Crippen molar-refractivity contribution >= 4 is 5.95 Å². The van der Waals surface area contributed by atoms with Gasteiger partial charge in [-0.3, -0.25) is 0 Å². The van der Waals surface area contributed by atoms with Crippen LogP contribution in [0.25, 0.3) is 11.5 Å². The Balaban J connectivity index is 1.81. The number of piperazine rings is 1. The molecule has 106 valence electrons. The minimum Gasteiger partial charge on any atom is -0.504 e. The first-order valence-corrected chi connectivity index (χ1v) is 6.43. The maximum atomic E-state index is 9.49. The Labute approximate surface area is 116 Å². The maximum absolute atomic E-state index is 9.49. The van der Waals surface area contributed by atoms with Crippen LogP contribution in [0.5, 0.6) is 11.5 Å². The highest BCUT2D eigenvalue weighted by molar-refractivity contribution is 5.60.